The van der Waals surface area contributed by atoms with Gasteiger partial charge in [-0.25, -0.2) is 4.79 Å². The molecule has 0 aliphatic heterocycles. The van der Waals surface area contributed by atoms with Crippen molar-refractivity contribution in [3.8, 4) is 5.75 Å². The predicted octanol–water partition coefficient (Wildman–Crippen LogP) is 3.03. The summed E-state index contributed by atoms with van der Waals surface area (Å²) in [7, 11) is 2.85. The van der Waals surface area contributed by atoms with Crippen LogP contribution in [0.3, 0.4) is 0 Å². The van der Waals surface area contributed by atoms with Gasteiger partial charge in [-0.3, -0.25) is 0 Å². The van der Waals surface area contributed by atoms with Crippen molar-refractivity contribution in [2.45, 2.75) is 5.33 Å². The van der Waals surface area contributed by atoms with Gasteiger partial charge in [0.15, 0.2) is 0 Å². The highest BCUT2D eigenvalue weighted by Gasteiger charge is 2.14. The van der Waals surface area contributed by atoms with Crippen molar-refractivity contribution in [3.63, 3.8) is 0 Å². The number of carbonyl (C=O) groups excluding carboxylic acids is 1. The van der Waals surface area contributed by atoms with E-state index >= 15 is 0 Å². The second-order valence-electron chi connectivity index (χ2n) is 2.77. The molecule has 82 valence electrons. The number of rotatable bonds is 3. The number of hydrogen-bond acceptors (Lipinski definition) is 3. The van der Waals surface area contributed by atoms with Crippen LogP contribution in [0.1, 0.15) is 15.9 Å². The average molecular weight is 294 g/mol. The maximum Gasteiger partial charge on any atom is 0.339 e. The fourth-order valence-corrected chi connectivity index (χ4v) is 1.86. The normalized spacial score (nSPS) is 9.87. The van der Waals surface area contributed by atoms with E-state index in [0.29, 0.717) is 21.7 Å². The summed E-state index contributed by atoms with van der Waals surface area (Å²) < 4.78 is 9.73. The Balaban J connectivity index is 3.25. The minimum atomic E-state index is -0.473. The molecule has 0 aliphatic carbocycles. The first-order chi connectivity index (χ1) is 7.13. The van der Waals surface area contributed by atoms with Crippen molar-refractivity contribution < 1.29 is 14.3 Å². The third kappa shape index (κ3) is 2.63. The molecule has 0 atom stereocenters. The van der Waals surface area contributed by atoms with Crippen LogP contribution in [0.2, 0.25) is 5.02 Å². The van der Waals surface area contributed by atoms with Crippen molar-refractivity contribution in [1.29, 1.82) is 0 Å². The summed E-state index contributed by atoms with van der Waals surface area (Å²) in [6.07, 6.45) is 0. The van der Waals surface area contributed by atoms with Gasteiger partial charge < -0.3 is 9.47 Å². The molecule has 0 amide bonds. The largest absolute Gasteiger partial charge is 0.496 e. The van der Waals surface area contributed by atoms with E-state index < -0.39 is 5.97 Å². The minimum Gasteiger partial charge on any atom is -0.496 e. The SMILES string of the molecule is COC(=O)c1cc(OC)c(CBr)cc1Cl. The quantitative estimate of drug-likeness (QED) is 0.635. The standard InChI is InChI=1S/C10H10BrClO3/c1-14-9-4-7(10(13)15-2)8(12)3-6(9)5-11/h3-4H,5H2,1-2H3. The van der Waals surface area contributed by atoms with Crippen LogP contribution in [0.25, 0.3) is 0 Å². The van der Waals surface area contributed by atoms with E-state index in [1.807, 2.05) is 0 Å². The van der Waals surface area contributed by atoms with Gasteiger partial charge in [0.2, 0.25) is 0 Å². The molecule has 1 rings (SSSR count). The van der Waals surface area contributed by atoms with Crippen LogP contribution in [-0.4, -0.2) is 20.2 Å². The summed E-state index contributed by atoms with van der Waals surface area (Å²) >= 11 is 9.24. The van der Waals surface area contributed by atoms with Crippen molar-refractivity contribution in [2.24, 2.45) is 0 Å². The number of benzene rings is 1. The first-order valence-electron chi connectivity index (χ1n) is 4.14. The number of halogens is 2. The molecular formula is C10H10BrClO3. The molecule has 0 spiro atoms. The Labute approximate surface area is 101 Å². The van der Waals surface area contributed by atoms with Crippen molar-refractivity contribution in [1.82, 2.24) is 0 Å². The lowest BCUT2D eigenvalue weighted by Gasteiger charge is -2.09. The Morgan fingerprint density at radius 3 is 2.60 bits per heavy atom. The average Bonchev–Trinajstić information content (AvgIpc) is 2.27. The molecule has 0 unspecified atom stereocenters. The second-order valence-corrected chi connectivity index (χ2v) is 3.74. The minimum absolute atomic E-state index is 0.306. The third-order valence-electron chi connectivity index (χ3n) is 1.92. The van der Waals surface area contributed by atoms with Gasteiger partial charge >= 0.3 is 5.97 Å². The van der Waals surface area contributed by atoms with E-state index in [-0.39, 0.29) is 0 Å². The van der Waals surface area contributed by atoms with E-state index in [4.69, 9.17) is 16.3 Å². The zero-order chi connectivity index (χ0) is 11.4. The van der Waals surface area contributed by atoms with Crippen LogP contribution in [0.4, 0.5) is 0 Å². The molecule has 15 heavy (non-hydrogen) atoms. The number of methoxy groups -OCH3 is 2. The Morgan fingerprint density at radius 2 is 2.13 bits per heavy atom. The summed E-state index contributed by atoms with van der Waals surface area (Å²) in [5, 5.41) is 0.967. The molecule has 0 fully saturated rings. The summed E-state index contributed by atoms with van der Waals surface area (Å²) in [6, 6.07) is 3.26. The van der Waals surface area contributed by atoms with Gasteiger partial charge in [-0.15, -0.1) is 0 Å². The van der Waals surface area contributed by atoms with Crippen molar-refractivity contribution >= 4 is 33.5 Å². The van der Waals surface area contributed by atoms with Gasteiger partial charge in [-0.2, -0.15) is 0 Å². The van der Waals surface area contributed by atoms with Crippen LogP contribution in [0, 0.1) is 0 Å². The smallest absolute Gasteiger partial charge is 0.339 e. The van der Waals surface area contributed by atoms with E-state index in [2.05, 4.69) is 20.7 Å². The highest BCUT2D eigenvalue weighted by atomic mass is 79.9. The van der Waals surface area contributed by atoms with Gasteiger partial charge in [0.25, 0.3) is 0 Å². The molecule has 0 saturated heterocycles. The molecule has 3 nitrogen and oxygen atoms in total. The molecule has 0 N–H and O–H groups in total. The summed E-state index contributed by atoms with van der Waals surface area (Å²) in [5.74, 6) is 0.135. The van der Waals surface area contributed by atoms with Gasteiger partial charge in [0.05, 0.1) is 24.8 Å². The first kappa shape index (κ1) is 12.3. The van der Waals surface area contributed by atoms with Gasteiger partial charge in [-0.1, -0.05) is 27.5 Å². The molecule has 0 aliphatic rings. The fourth-order valence-electron chi connectivity index (χ4n) is 1.16. The second kappa shape index (κ2) is 5.37. The highest BCUT2D eigenvalue weighted by Crippen LogP contribution is 2.29. The monoisotopic (exact) mass is 292 g/mol. The molecule has 0 aromatic heterocycles. The number of ether oxygens (including phenoxy) is 2. The van der Waals surface area contributed by atoms with Crippen LogP contribution in [0.5, 0.6) is 5.75 Å². The van der Waals surface area contributed by atoms with Crippen molar-refractivity contribution in [3.05, 3.63) is 28.3 Å². The van der Waals surface area contributed by atoms with Crippen molar-refractivity contribution in [2.75, 3.05) is 14.2 Å². The molecule has 5 heteroatoms. The Morgan fingerprint density at radius 1 is 1.47 bits per heavy atom. The Bertz CT molecular complexity index is 379. The third-order valence-corrected chi connectivity index (χ3v) is 2.84. The summed E-state index contributed by atoms with van der Waals surface area (Å²) in [5.41, 5.74) is 1.19. The van der Waals surface area contributed by atoms with E-state index in [1.165, 1.54) is 14.2 Å². The molecule has 0 heterocycles. The highest BCUT2D eigenvalue weighted by molar-refractivity contribution is 9.08. The Kier molecular flexibility index (Phi) is 4.42. The topological polar surface area (TPSA) is 35.5 Å². The zero-order valence-corrected chi connectivity index (χ0v) is 10.7. The lowest BCUT2D eigenvalue weighted by molar-refractivity contribution is 0.0600. The molecule has 0 bridgehead atoms. The van der Waals surface area contributed by atoms with E-state index in [9.17, 15) is 4.79 Å². The molecular weight excluding hydrogens is 283 g/mol. The van der Waals surface area contributed by atoms with Crippen LogP contribution in [0.15, 0.2) is 12.1 Å². The first-order valence-corrected chi connectivity index (χ1v) is 5.64. The van der Waals surface area contributed by atoms with Crippen LogP contribution < -0.4 is 4.74 Å². The molecule has 1 aromatic carbocycles. The van der Waals surface area contributed by atoms with Gasteiger partial charge in [0, 0.05) is 10.9 Å². The molecule has 0 saturated carbocycles. The van der Waals surface area contributed by atoms with E-state index in [0.717, 1.165) is 5.56 Å². The zero-order valence-electron chi connectivity index (χ0n) is 8.34. The summed E-state index contributed by atoms with van der Waals surface area (Å²) in [6.45, 7) is 0. The summed E-state index contributed by atoms with van der Waals surface area (Å²) in [4.78, 5) is 11.3. The number of hydrogen-bond donors (Lipinski definition) is 0. The number of carbonyl (C=O) groups is 1. The predicted molar refractivity (Wildman–Crippen MR) is 62.0 cm³/mol. The lowest BCUT2D eigenvalue weighted by Crippen LogP contribution is -2.03. The molecule has 1 aromatic rings. The molecule has 0 radical (unpaired) electrons. The maximum absolute atomic E-state index is 11.3. The maximum atomic E-state index is 11.3. The fraction of sp³-hybridized carbons (Fsp3) is 0.300. The van der Waals surface area contributed by atoms with Crippen LogP contribution >= 0.6 is 27.5 Å². The van der Waals surface area contributed by atoms with Gasteiger partial charge in [0.1, 0.15) is 5.75 Å². The van der Waals surface area contributed by atoms with Crippen LogP contribution in [-0.2, 0) is 10.1 Å². The lowest BCUT2D eigenvalue weighted by atomic mass is 10.1. The van der Waals surface area contributed by atoms with E-state index in [1.54, 1.807) is 12.1 Å². The number of alkyl halides is 1. The Hall–Kier alpha value is -0.740. The van der Waals surface area contributed by atoms with Gasteiger partial charge in [-0.05, 0) is 12.1 Å². The number of esters is 1.